The van der Waals surface area contributed by atoms with E-state index in [0.717, 1.165) is 56.2 Å². The van der Waals surface area contributed by atoms with E-state index >= 15 is 0 Å². The molecule has 1 amide bonds. The van der Waals surface area contributed by atoms with Crippen LogP contribution in [0.15, 0.2) is 30.6 Å². The molecular formula is C23H31N5O. The minimum atomic E-state index is 0.0857. The molecule has 3 heterocycles. The Kier molecular flexibility index (Phi) is 5.97. The fraction of sp³-hybridized carbons (Fsp3) is 0.522. The van der Waals surface area contributed by atoms with Crippen molar-refractivity contribution in [2.45, 2.75) is 46.1 Å². The Morgan fingerprint density at radius 1 is 1.00 bits per heavy atom. The largest absolute Gasteiger partial charge is 0.369 e. The SMILES string of the molecule is Cc1ccc(CNC(=O)C2CCN(c3cnc(N4CCCC4)nc3)CC2)cc1C. The van der Waals surface area contributed by atoms with Crippen molar-refractivity contribution in [3.8, 4) is 0 Å². The summed E-state index contributed by atoms with van der Waals surface area (Å²) in [6, 6.07) is 6.37. The highest BCUT2D eigenvalue weighted by Crippen LogP contribution is 2.24. The first-order valence-corrected chi connectivity index (χ1v) is 10.8. The van der Waals surface area contributed by atoms with Crippen LogP contribution in [-0.2, 0) is 11.3 Å². The van der Waals surface area contributed by atoms with E-state index in [9.17, 15) is 4.79 Å². The number of anilines is 2. The van der Waals surface area contributed by atoms with Gasteiger partial charge in [0.1, 0.15) is 0 Å². The van der Waals surface area contributed by atoms with Gasteiger partial charge in [-0.05, 0) is 56.2 Å². The Balaban J connectivity index is 1.26. The highest BCUT2D eigenvalue weighted by molar-refractivity contribution is 5.79. The minimum Gasteiger partial charge on any atom is -0.369 e. The van der Waals surface area contributed by atoms with Crippen LogP contribution in [0.3, 0.4) is 0 Å². The molecule has 0 unspecified atom stereocenters. The third kappa shape index (κ3) is 4.69. The van der Waals surface area contributed by atoms with Crippen LogP contribution in [0.1, 0.15) is 42.4 Å². The summed E-state index contributed by atoms with van der Waals surface area (Å²) in [5.74, 6) is 1.10. The van der Waals surface area contributed by atoms with Crippen LogP contribution in [0.25, 0.3) is 0 Å². The molecular weight excluding hydrogens is 362 g/mol. The molecule has 0 atom stereocenters. The van der Waals surface area contributed by atoms with Crippen LogP contribution >= 0.6 is 0 Å². The second kappa shape index (κ2) is 8.80. The van der Waals surface area contributed by atoms with Gasteiger partial charge in [0.25, 0.3) is 0 Å². The number of carbonyl (C=O) groups excluding carboxylic acids is 1. The van der Waals surface area contributed by atoms with Gasteiger partial charge in [0, 0.05) is 38.6 Å². The van der Waals surface area contributed by atoms with Gasteiger partial charge in [-0.15, -0.1) is 0 Å². The molecule has 1 N–H and O–H groups in total. The molecule has 2 aliphatic heterocycles. The van der Waals surface area contributed by atoms with Crippen LogP contribution in [0.4, 0.5) is 11.6 Å². The molecule has 1 aromatic heterocycles. The number of hydrogen-bond acceptors (Lipinski definition) is 5. The lowest BCUT2D eigenvalue weighted by Crippen LogP contribution is -2.40. The number of benzene rings is 1. The first-order chi connectivity index (χ1) is 14.1. The lowest BCUT2D eigenvalue weighted by Gasteiger charge is -2.32. The van der Waals surface area contributed by atoms with Crippen molar-refractivity contribution >= 4 is 17.5 Å². The van der Waals surface area contributed by atoms with Crippen molar-refractivity contribution in [1.82, 2.24) is 15.3 Å². The van der Waals surface area contributed by atoms with Crippen LogP contribution < -0.4 is 15.1 Å². The number of piperidine rings is 1. The molecule has 1 aromatic carbocycles. The molecule has 0 saturated carbocycles. The third-order valence-electron chi connectivity index (χ3n) is 6.28. The first kappa shape index (κ1) is 19.7. The lowest BCUT2D eigenvalue weighted by atomic mass is 9.95. The van der Waals surface area contributed by atoms with E-state index in [4.69, 9.17) is 0 Å². The predicted octanol–water partition coefficient (Wildman–Crippen LogP) is 3.23. The van der Waals surface area contributed by atoms with Gasteiger partial charge in [-0.1, -0.05) is 18.2 Å². The van der Waals surface area contributed by atoms with Gasteiger partial charge in [-0.3, -0.25) is 4.79 Å². The van der Waals surface area contributed by atoms with Crippen LogP contribution in [0.2, 0.25) is 0 Å². The standard InChI is InChI=1S/C23H31N5O/c1-17-5-6-19(13-18(17)2)14-24-22(29)20-7-11-27(12-8-20)21-15-25-23(26-16-21)28-9-3-4-10-28/h5-6,13,15-16,20H,3-4,7-12,14H2,1-2H3,(H,24,29). The van der Waals surface area contributed by atoms with E-state index in [2.05, 4.69) is 57.1 Å². The van der Waals surface area contributed by atoms with Crippen molar-refractivity contribution in [3.05, 3.63) is 47.3 Å². The van der Waals surface area contributed by atoms with E-state index in [-0.39, 0.29) is 11.8 Å². The van der Waals surface area contributed by atoms with E-state index in [1.165, 1.54) is 24.0 Å². The van der Waals surface area contributed by atoms with Gasteiger partial charge in [-0.25, -0.2) is 9.97 Å². The van der Waals surface area contributed by atoms with E-state index in [1.54, 1.807) is 0 Å². The van der Waals surface area contributed by atoms with Gasteiger partial charge in [0.15, 0.2) is 0 Å². The maximum atomic E-state index is 12.6. The Labute approximate surface area is 173 Å². The summed E-state index contributed by atoms with van der Waals surface area (Å²) < 4.78 is 0. The van der Waals surface area contributed by atoms with Gasteiger partial charge in [0.05, 0.1) is 18.1 Å². The zero-order chi connectivity index (χ0) is 20.2. The number of amides is 1. The molecule has 0 radical (unpaired) electrons. The van der Waals surface area contributed by atoms with E-state index < -0.39 is 0 Å². The topological polar surface area (TPSA) is 61.4 Å². The number of rotatable bonds is 5. The maximum absolute atomic E-state index is 12.6. The highest BCUT2D eigenvalue weighted by atomic mass is 16.1. The lowest BCUT2D eigenvalue weighted by molar-refractivity contribution is -0.125. The zero-order valence-electron chi connectivity index (χ0n) is 17.5. The molecule has 2 fully saturated rings. The van der Waals surface area contributed by atoms with Crippen molar-refractivity contribution in [3.63, 3.8) is 0 Å². The number of carbonyl (C=O) groups is 1. The normalized spacial score (nSPS) is 17.6. The average Bonchev–Trinajstić information content (AvgIpc) is 3.29. The van der Waals surface area contributed by atoms with E-state index in [0.29, 0.717) is 6.54 Å². The fourth-order valence-corrected chi connectivity index (χ4v) is 4.21. The van der Waals surface area contributed by atoms with E-state index in [1.807, 2.05) is 12.4 Å². The average molecular weight is 394 g/mol. The summed E-state index contributed by atoms with van der Waals surface area (Å²) in [5, 5.41) is 3.12. The van der Waals surface area contributed by atoms with Gasteiger partial charge < -0.3 is 15.1 Å². The number of hydrogen-bond donors (Lipinski definition) is 1. The molecule has 6 heteroatoms. The van der Waals surface area contributed by atoms with Gasteiger partial charge >= 0.3 is 0 Å². The summed E-state index contributed by atoms with van der Waals surface area (Å²) in [6.45, 7) is 8.67. The highest BCUT2D eigenvalue weighted by Gasteiger charge is 2.25. The number of aromatic nitrogens is 2. The van der Waals surface area contributed by atoms with Crippen LogP contribution in [0, 0.1) is 19.8 Å². The number of aryl methyl sites for hydroxylation is 2. The number of nitrogens with zero attached hydrogens (tertiary/aromatic N) is 4. The Hall–Kier alpha value is -2.63. The third-order valence-corrected chi connectivity index (χ3v) is 6.28. The Bertz CT molecular complexity index is 837. The van der Waals surface area contributed by atoms with Gasteiger partial charge in [-0.2, -0.15) is 0 Å². The van der Waals surface area contributed by atoms with Crippen molar-refractivity contribution < 1.29 is 4.79 Å². The Morgan fingerprint density at radius 2 is 1.69 bits per heavy atom. The smallest absolute Gasteiger partial charge is 0.225 e. The summed E-state index contributed by atoms with van der Waals surface area (Å²) >= 11 is 0. The monoisotopic (exact) mass is 393 g/mol. The summed E-state index contributed by atoms with van der Waals surface area (Å²) in [7, 11) is 0. The maximum Gasteiger partial charge on any atom is 0.225 e. The van der Waals surface area contributed by atoms with Crippen molar-refractivity contribution in [1.29, 1.82) is 0 Å². The van der Waals surface area contributed by atoms with Crippen LogP contribution in [-0.4, -0.2) is 42.1 Å². The molecule has 29 heavy (non-hydrogen) atoms. The minimum absolute atomic E-state index is 0.0857. The van der Waals surface area contributed by atoms with Crippen molar-refractivity contribution in [2.24, 2.45) is 5.92 Å². The number of nitrogens with one attached hydrogen (secondary N) is 1. The van der Waals surface area contributed by atoms with Crippen molar-refractivity contribution in [2.75, 3.05) is 36.0 Å². The van der Waals surface area contributed by atoms with Gasteiger partial charge in [0.2, 0.25) is 11.9 Å². The fourth-order valence-electron chi connectivity index (χ4n) is 4.21. The zero-order valence-corrected chi connectivity index (χ0v) is 17.5. The molecule has 2 saturated heterocycles. The van der Waals surface area contributed by atoms with Crippen LogP contribution in [0.5, 0.6) is 0 Å². The first-order valence-electron chi connectivity index (χ1n) is 10.8. The predicted molar refractivity (Wildman–Crippen MR) is 116 cm³/mol. The molecule has 2 aliphatic rings. The molecule has 6 nitrogen and oxygen atoms in total. The molecule has 154 valence electrons. The molecule has 2 aromatic rings. The summed E-state index contributed by atoms with van der Waals surface area (Å²) in [6.07, 6.45) is 8.05. The Morgan fingerprint density at radius 3 is 2.34 bits per heavy atom. The summed E-state index contributed by atoms with van der Waals surface area (Å²) in [4.78, 5) is 26.3. The molecule has 0 spiro atoms. The molecule has 0 aliphatic carbocycles. The second-order valence-electron chi connectivity index (χ2n) is 8.33. The second-order valence-corrected chi connectivity index (χ2v) is 8.33. The molecule has 0 bridgehead atoms. The molecule has 4 rings (SSSR count). The quantitative estimate of drug-likeness (QED) is 0.845. The summed E-state index contributed by atoms with van der Waals surface area (Å²) in [5.41, 5.74) is 4.77.